The first-order valence-corrected chi connectivity index (χ1v) is 4.19. The van der Waals surface area contributed by atoms with Crippen molar-refractivity contribution in [3.8, 4) is 0 Å². The highest BCUT2D eigenvalue weighted by molar-refractivity contribution is 5.11. The Balaban J connectivity index is 2.71. The molecular formula is C10H17N2+. The van der Waals surface area contributed by atoms with Gasteiger partial charge in [0.25, 0.3) is 0 Å². The highest BCUT2D eigenvalue weighted by Crippen LogP contribution is 2.05. The molecule has 0 bridgehead atoms. The lowest BCUT2D eigenvalue weighted by atomic mass is 10.2. The van der Waals surface area contributed by atoms with Gasteiger partial charge in [-0.2, -0.15) is 0 Å². The Morgan fingerprint density at radius 3 is 2.33 bits per heavy atom. The molecule has 12 heavy (non-hydrogen) atoms. The largest absolute Gasteiger partial charge is 0.327 e. The van der Waals surface area contributed by atoms with E-state index in [1.807, 2.05) is 13.1 Å². The van der Waals surface area contributed by atoms with Crippen molar-refractivity contribution in [2.24, 2.45) is 0 Å². The van der Waals surface area contributed by atoms with Crippen LogP contribution < -0.4 is 0 Å². The van der Waals surface area contributed by atoms with Gasteiger partial charge >= 0.3 is 0 Å². The van der Waals surface area contributed by atoms with Crippen LogP contribution in [0, 0.1) is 6.92 Å². The summed E-state index contributed by atoms with van der Waals surface area (Å²) in [5.41, 5.74) is 2.38. The number of quaternary nitrogens is 1. The van der Waals surface area contributed by atoms with Gasteiger partial charge in [-0.05, 0) is 13.0 Å². The van der Waals surface area contributed by atoms with Gasteiger partial charge in [-0.3, -0.25) is 4.98 Å². The van der Waals surface area contributed by atoms with E-state index in [1.54, 1.807) is 0 Å². The maximum absolute atomic E-state index is 4.25. The van der Waals surface area contributed by atoms with Crippen molar-refractivity contribution in [1.29, 1.82) is 0 Å². The fourth-order valence-electron chi connectivity index (χ4n) is 1.14. The van der Waals surface area contributed by atoms with Crippen molar-refractivity contribution in [3.63, 3.8) is 0 Å². The summed E-state index contributed by atoms with van der Waals surface area (Å²) in [6.07, 6.45) is 1.96. The fraction of sp³-hybridized carbons (Fsp3) is 0.500. The van der Waals surface area contributed by atoms with Crippen LogP contribution in [0.3, 0.4) is 0 Å². The maximum atomic E-state index is 4.25. The summed E-state index contributed by atoms with van der Waals surface area (Å²) >= 11 is 0. The molecule has 0 aliphatic rings. The van der Waals surface area contributed by atoms with Crippen LogP contribution in [0.15, 0.2) is 18.3 Å². The second-order valence-corrected chi connectivity index (χ2v) is 4.26. The molecule has 0 aliphatic heterocycles. The topological polar surface area (TPSA) is 12.9 Å². The van der Waals surface area contributed by atoms with Gasteiger partial charge in [-0.15, -0.1) is 0 Å². The minimum Gasteiger partial charge on any atom is -0.327 e. The Hall–Kier alpha value is -0.890. The van der Waals surface area contributed by atoms with Crippen LogP contribution in [0.5, 0.6) is 0 Å². The van der Waals surface area contributed by atoms with Crippen LogP contribution in [0.1, 0.15) is 11.3 Å². The standard InChI is InChI=1S/C10H17N2/c1-9-5-6-10(7-11-9)8-12(2,3)4/h5-7H,8H2,1-4H3/q+1. The number of pyridine rings is 1. The highest BCUT2D eigenvalue weighted by atomic mass is 15.3. The zero-order valence-electron chi connectivity index (χ0n) is 8.33. The van der Waals surface area contributed by atoms with Gasteiger partial charge in [0.2, 0.25) is 0 Å². The predicted octanol–water partition coefficient (Wildman–Crippen LogP) is 1.60. The molecule has 0 aliphatic carbocycles. The van der Waals surface area contributed by atoms with E-state index >= 15 is 0 Å². The molecule has 1 aromatic rings. The first-order chi connectivity index (χ1) is 5.47. The molecule has 0 fully saturated rings. The number of nitrogens with zero attached hydrogens (tertiary/aromatic N) is 2. The van der Waals surface area contributed by atoms with Gasteiger partial charge in [0.1, 0.15) is 6.54 Å². The fourth-order valence-corrected chi connectivity index (χ4v) is 1.14. The average Bonchev–Trinajstić information content (AvgIpc) is 1.91. The Labute approximate surface area is 74.4 Å². The van der Waals surface area contributed by atoms with Gasteiger partial charge in [0.05, 0.1) is 21.1 Å². The number of aryl methyl sites for hydroxylation is 1. The van der Waals surface area contributed by atoms with Crippen molar-refractivity contribution in [2.75, 3.05) is 21.1 Å². The zero-order chi connectivity index (χ0) is 9.19. The van der Waals surface area contributed by atoms with Crippen molar-refractivity contribution < 1.29 is 4.48 Å². The van der Waals surface area contributed by atoms with Gasteiger partial charge in [0, 0.05) is 17.5 Å². The average molecular weight is 165 g/mol. The molecule has 0 saturated heterocycles. The summed E-state index contributed by atoms with van der Waals surface area (Å²) in [6, 6.07) is 4.21. The first kappa shape index (κ1) is 9.20. The second kappa shape index (κ2) is 3.23. The summed E-state index contributed by atoms with van der Waals surface area (Å²) < 4.78 is 0.949. The molecule has 0 spiro atoms. The summed E-state index contributed by atoms with van der Waals surface area (Å²) in [5, 5.41) is 0. The van der Waals surface area contributed by atoms with E-state index in [9.17, 15) is 0 Å². The quantitative estimate of drug-likeness (QED) is 0.606. The van der Waals surface area contributed by atoms with Gasteiger partial charge < -0.3 is 4.48 Å². The van der Waals surface area contributed by atoms with E-state index in [0.29, 0.717) is 0 Å². The molecule has 66 valence electrons. The third-order valence-electron chi connectivity index (χ3n) is 1.63. The molecule has 0 unspecified atom stereocenters. The molecule has 1 aromatic heterocycles. The smallest absolute Gasteiger partial charge is 0.105 e. The van der Waals surface area contributed by atoms with Crippen LogP contribution in [0.2, 0.25) is 0 Å². The molecule has 1 rings (SSSR count). The van der Waals surface area contributed by atoms with Crippen LogP contribution in [-0.2, 0) is 6.54 Å². The van der Waals surface area contributed by atoms with Gasteiger partial charge in [-0.1, -0.05) is 6.07 Å². The van der Waals surface area contributed by atoms with E-state index in [1.165, 1.54) is 5.56 Å². The molecule has 0 N–H and O–H groups in total. The van der Waals surface area contributed by atoms with Crippen LogP contribution >= 0.6 is 0 Å². The zero-order valence-corrected chi connectivity index (χ0v) is 8.33. The van der Waals surface area contributed by atoms with E-state index < -0.39 is 0 Å². The van der Waals surface area contributed by atoms with Crippen molar-refractivity contribution in [1.82, 2.24) is 4.98 Å². The van der Waals surface area contributed by atoms with Crippen LogP contribution in [-0.4, -0.2) is 30.6 Å². The summed E-state index contributed by atoms with van der Waals surface area (Å²) in [5.74, 6) is 0. The Morgan fingerprint density at radius 1 is 1.25 bits per heavy atom. The third kappa shape index (κ3) is 3.01. The van der Waals surface area contributed by atoms with Gasteiger partial charge in [0.15, 0.2) is 0 Å². The number of hydrogen-bond donors (Lipinski definition) is 0. The minimum atomic E-state index is 0.949. The Bertz CT molecular complexity index is 244. The molecule has 0 aromatic carbocycles. The molecule has 0 atom stereocenters. The Morgan fingerprint density at radius 2 is 1.92 bits per heavy atom. The first-order valence-electron chi connectivity index (χ1n) is 4.19. The summed E-state index contributed by atoms with van der Waals surface area (Å²) in [4.78, 5) is 4.25. The molecule has 0 saturated carbocycles. The third-order valence-corrected chi connectivity index (χ3v) is 1.63. The second-order valence-electron chi connectivity index (χ2n) is 4.26. The number of aromatic nitrogens is 1. The Kier molecular flexibility index (Phi) is 2.48. The number of hydrogen-bond acceptors (Lipinski definition) is 1. The lowest BCUT2D eigenvalue weighted by Crippen LogP contribution is -2.33. The van der Waals surface area contributed by atoms with Crippen molar-refractivity contribution >= 4 is 0 Å². The van der Waals surface area contributed by atoms with Crippen LogP contribution in [0.25, 0.3) is 0 Å². The molecule has 0 amide bonds. The van der Waals surface area contributed by atoms with Crippen LogP contribution in [0.4, 0.5) is 0 Å². The molecule has 0 radical (unpaired) electrons. The van der Waals surface area contributed by atoms with Gasteiger partial charge in [-0.25, -0.2) is 0 Å². The summed E-state index contributed by atoms with van der Waals surface area (Å²) in [6.45, 7) is 3.04. The van der Waals surface area contributed by atoms with E-state index in [0.717, 1.165) is 16.7 Å². The lowest BCUT2D eigenvalue weighted by molar-refractivity contribution is -0.884. The normalized spacial score (nSPS) is 11.7. The predicted molar refractivity (Wildman–Crippen MR) is 50.7 cm³/mol. The van der Waals surface area contributed by atoms with E-state index in [2.05, 4.69) is 38.3 Å². The molecule has 2 nitrogen and oxygen atoms in total. The minimum absolute atomic E-state index is 0.949. The summed E-state index contributed by atoms with van der Waals surface area (Å²) in [7, 11) is 6.54. The SMILES string of the molecule is Cc1ccc(C[N+](C)(C)C)cn1. The highest BCUT2D eigenvalue weighted by Gasteiger charge is 2.07. The number of rotatable bonds is 2. The van der Waals surface area contributed by atoms with Crippen molar-refractivity contribution in [2.45, 2.75) is 13.5 Å². The maximum Gasteiger partial charge on any atom is 0.105 e. The van der Waals surface area contributed by atoms with Crippen molar-refractivity contribution in [3.05, 3.63) is 29.6 Å². The molecule has 1 heterocycles. The lowest BCUT2D eigenvalue weighted by Gasteiger charge is -2.23. The molecular weight excluding hydrogens is 148 g/mol. The monoisotopic (exact) mass is 165 g/mol. The van der Waals surface area contributed by atoms with E-state index in [4.69, 9.17) is 0 Å². The van der Waals surface area contributed by atoms with E-state index in [-0.39, 0.29) is 0 Å². The molecule has 2 heteroatoms.